The van der Waals surface area contributed by atoms with Crippen molar-refractivity contribution in [3.63, 3.8) is 0 Å². The summed E-state index contributed by atoms with van der Waals surface area (Å²) in [5.74, 6) is 1.09. The molecule has 1 aliphatic heterocycles. The highest BCUT2D eigenvalue weighted by Gasteiger charge is 2.20. The van der Waals surface area contributed by atoms with Crippen LogP contribution in [0, 0.1) is 0 Å². The lowest BCUT2D eigenvalue weighted by Crippen LogP contribution is -2.46. The molecule has 108 valence electrons. The summed E-state index contributed by atoms with van der Waals surface area (Å²) >= 11 is 3.52. The van der Waals surface area contributed by atoms with E-state index >= 15 is 0 Å². The number of fused-ring (bicyclic) bond motifs is 1. The number of thiophene rings is 2. The van der Waals surface area contributed by atoms with E-state index in [2.05, 4.69) is 48.7 Å². The van der Waals surface area contributed by atoms with Crippen molar-refractivity contribution in [2.24, 2.45) is 0 Å². The Kier molecular flexibility index (Phi) is 3.58. The summed E-state index contributed by atoms with van der Waals surface area (Å²) in [4.78, 5) is 16.3. The number of nitrogens with zero attached hydrogens (tertiary/aromatic N) is 4. The number of anilines is 1. The van der Waals surface area contributed by atoms with Crippen LogP contribution in [0.5, 0.6) is 0 Å². The van der Waals surface area contributed by atoms with Crippen molar-refractivity contribution in [3.8, 4) is 0 Å². The highest BCUT2D eigenvalue weighted by Crippen LogP contribution is 2.27. The third-order valence-electron chi connectivity index (χ3n) is 3.87. The van der Waals surface area contributed by atoms with Gasteiger partial charge in [0.05, 0.1) is 5.39 Å². The molecule has 1 fully saturated rings. The van der Waals surface area contributed by atoms with Crippen molar-refractivity contribution in [2.75, 3.05) is 31.1 Å². The van der Waals surface area contributed by atoms with Gasteiger partial charge in [0.2, 0.25) is 0 Å². The van der Waals surface area contributed by atoms with Gasteiger partial charge in [0.25, 0.3) is 0 Å². The predicted octanol–water partition coefficient (Wildman–Crippen LogP) is 3.08. The van der Waals surface area contributed by atoms with Crippen molar-refractivity contribution in [3.05, 3.63) is 40.2 Å². The van der Waals surface area contributed by atoms with Gasteiger partial charge in [-0.25, -0.2) is 9.97 Å². The van der Waals surface area contributed by atoms with E-state index in [0.29, 0.717) is 0 Å². The molecule has 0 unspecified atom stereocenters. The molecule has 0 bridgehead atoms. The van der Waals surface area contributed by atoms with Crippen molar-refractivity contribution in [1.82, 2.24) is 14.9 Å². The Morgan fingerprint density at radius 1 is 1.00 bits per heavy atom. The molecule has 0 amide bonds. The molecule has 0 N–H and O–H groups in total. The zero-order chi connectivity index (χ0) is 14.1. The maximum Gasteiger partial charge on any atom is 0.140 e. The first-order valence-electron chi connectivity index (χ1n) is 7.08. The molecule has 21 heavy (non-hydrogen) atoms. The van der Waals surface area contributed by atoms with E-state index in [9.17, 15) is 0 Å². The SMILES string of the molecule is c1csc(CN2CCN(c3ncnc4sccc34)CC2)c1. The summed E-state index contributed by atoms with van der Waals surface area (Å²) in [5.41, 5.74) is 0. The summed E-state index contributed by atoms with van der Waals surface area (Å²) in [6.07, 6.45) is 1.69. The van der Waals surface area contributed by atoms with E-state index in [1.54, 1.807) is 17.7 Å². The zero-order valence-electron chi connectivity index (χ0n) is 11.6. The van der Waals surface area contributed by atoms with Crippen molar-refractivity contribution in [1.29, 1.82) is 0 Å². The van der Waals surface area contributed by atoms with Gasteiger partial charge in [0.1, 0.15) is 17.0 Å². The molecule has 1 saturated heterocycles. The van der Waals surface area contributed by atoms with Crippen LogP contribution in [0.25, 0.3) is 10.2 Å². The van der Waals surface area contributed by atoms with Crippen LogP contribution in [0.4, 0.5) is 5.82 Å². The highest BCUT2D eigenvalue weighted by atomic mass is 32.1. The maximum absolute atomic E-state index is 4.51. The summed E-state index contributed by atoms with van der Waals surface area (Å²) < 4.78 is 0. The van der Waals surface area contributed by atoms with Gasteiger partial charge >= 0.3 is 0 Å². The molecule has 3 aromatic rings. The van der Waals surface area contributed by atoms with Crippen LogP contribution >= 0.6 is 22.7 Å². The van der Waals surface area contributed by atoms with Crippen LogP contribution in [-0.4, -0.2) is 41.0 Å². The zero-order valence-corrected chi connectivity index (χ0v) is 13.2. The fourth-order valence-electron chi connectivity index (χ4n) is 2.77. The molecule has 1 aliphatic rings. The lowest BCUT2D eigenvalue weighted by Gasteiger charge is -2.35. The van der Waals surface area contributed by atoms with E-state index in [-0.39, 0.29) is 0 Å². The third-order valence-corrected chi connectivity index (χ3v) is 5.55. The normalized spacial score (nSPS) is 16.7. The smallest absolute Gasteiger partial charge is 0.140 e. The molecule has 3 aromatic heterocycles. The van der Waals surface area contributed by atoms with Gasteiger partial charge in [-0.3, -0.25) is 4.90 Å². The van der Waals surface area contributed by atoms with E-state index < -0.39 is 0 Å². The Bertz CT molecular complexity index is 714. The summed E-state index contributed by atoms with van der Waals surface area (Å²) in [6, 6.07) is 6.48. The fraction of sp³-hybridized carbons (Fsp3) is 0.333. The van der Waals surface area contributed by atoms with Crippen LogP contribution in [0.3, 0.4) is 0 Å². The number of aromatic nitrogens is 2. The Morgan fingerprint density at radius 2 is 1.90 bits per heavy atom. The molecule has 4 nitrogen and oxygen atoms in total. The first kappa shape index (κ1) is 13.2. The Labute approximate surface area is 131 Å². The number of hydrogen-bond donors (Lipinski definition) is 0. The third kappa shape index (κ3) is 2.66. The van der Waals surface area contributed by atoms with Gasteiger partial charge in [-0.2, -0.15) is 0 Å². The van der Waals surface area contributed by atoms with Crippen molar-refractivity contribution < 1.29 is 0 Å². The Hall–Kier alpha value is -1.50. The quantitative estimate of drug-likeness (QED) is 0.743. The summed E-state index contributed by atoms with van der Waals surface area (Å²) in [6.45, 7) is 5.32. The summed E-state index contributed by atoms with van der Waals surface area (Å²) in [5, 5.41) is 5.43. The number of piperazine rings is 1. The lowest BCUT2D eigenvalue weighted by molar-refractivity contribution is 0.251. The van der Waals surface area contributed by atoms with Crippen LogP contribution in [-0.2, 0) is 6.54 Å². The molecular formula is C15H16N4S2. The molecule has 0 atom stereocenters. The van der Waals surface area contributed by atoms with Gasteiger partial charge in [-0.15, -0.1) is 22.7 Å². The Morgan fingerprint density at radius 3 is 2.71 bits per heavy atom. The van der Waals surface area contributed by atoms with E-state index in [4.69, 9.17) is 0 Å². The minimum Gasteiger partial charge on any atom is -0.353 e. The topological polar surface area (TPSA) is 32.3 Å². The van der Waals surface area contributed by atoms with Gasteiger partial charge < -0.3 is 4.90 Å². The maximum atomic E-state index is 4.51. The van der Waals surface area contributed by atoms with Crippen molar-refractivity contribution in [2.45, 2.75) is 6.54 Å². The predicted molar refractivity (Wildman–Crippen MR) is 89.2 cm³/mol. The number of rotatable bonds is 3. The van der Waals surface area contributed by atoms with Gasteiger partial charge in [0.15, 0.2) is 0 Å². The molecule has 6 heteroatoms. The molecular weight excluding hydrogens is 300 g/mol. The van der Waals surface area contributed by atoms with E-state index in [1.807, 2.05) is 11.3 Å². The second kappa shape index (κ2) is 5.71. The highest BCUT2D eigenvalue weighted by molar-refractivity contribution is 7.16. The first-order chi connectivity index (χ1) is 10.4. The molecule has 0 spiro atoms. The lowest BCUT2D eigenvalue weighted by atomic mass is 10.2. The van der Waals surface area contributed by atoms with Crippen LogP contribution in [0.2, 0.25) is 0 Å². The average molecular weight is 316 g/mol. The van der Waals surface area contributed by atoms with E-state index in [0.717, 1.165) is 43.4 Å². The Balaban J connectivity index is 1.46. The minimum atomic E-state index is 1.04. The average Bonchev–Trinajstić information content (AvgIpc) is 3.18. The van der Waals surface area contributed by atoms with Gasteiger partial charge in [-0.05, 0) is 22.9 Å². The van der Waals surface area contributed by atoms with Gasteiger partial charge in [-0.1, -0.05) is 6.07 Å². The second-order valence-corrected chi connectivity index (χ2v) is 7.11. The van der Waals surface area contributed by atoms with Crippen molar-refractivity contribution >= 4 is 38.7 Å². The molecule has 0 aliphatic carbocycles. The van der Waals surface area contributed by atoms with E-state index in [1.165, 1.54) is 10.3 Å². The molecule has 4 heterocycles. The fourth-order valence-corrected chi connectivity index (χ4v) is 4.24. The van der Waals surface area contributed by atoms with Crippen LogP contribution in [0.15, 0.2) is 35.3 Å². The minimum absolute atomic E-state index is 1.04. The monoisotopic (exact) mass is 316 g/mol. The molecule has 0 saturated carbocycles. The molecule has 0 aromatic carbocycles. The standard InChI is InChI=1S/C15H16N4S2/c1-2-12(20-8-1)10-18-4-6-19(7-5-18)14-13-3-9-21-15(13)17-11-16-14/h1-3,8-9,11H,4-7,10H2. The van der Waals surface area contributed by atoms with Crippen LogP contribution < -0.4 is 4.90 Å². The molecule has 0 radical (unpaired) electrons. The summed E-state index contributed by atoms with van der Waals surface area (Å²) in [7, 11) is 0. The first-order valence-corrected chi connectivity index (χ1v) is 8.84. The molecule has 4 rings (SSSR count). The van der Waals surface area contributed by atoms with Crippen LogP contribution in [0.1, 0.15) is 4.88 Å². The largest absolute Gasteiger partial charge is 0.353 e. The second-order valence-electron chi connectivity index (χ2n) is 5.18. The number of hydrogen-bond acceptors (Lipinski definition) is 6. The van der Waals surface area contributed by atoms with Gasteiger partial charge in [0, 0.05) is 37.6 Å².